The van der Waals surface area contributed by atoms with Crippen LogP contribution in [0.2, 0.25) is 5.02 Å². The highest BCUT2D eigenvalue weighted by Gasteiger charge is 2.09. The molecule has 0 unspecified atom stereocenters. The summed E-state index contributed by atoms with van der Waals surface area (Å²) in [5.74, 6) is 0. The molecule has 0 amide bonds. The largest absolute Gasteiger partial charge is 0.351 e. The van der Waals surface area contributed by atoms with Gasteiger partial charge in [-0.2, -0.15) is 0 Å². The van der Waals surface area contributed by atoms with Gasteiger partial charge in [-0.1, -0.05) is 17.7 Å². The molecule has 4 heteroatoms. The number of fused-ring (bicyclic) bond motifs is 2. The Morgan fingerprint density at radius 3 is 2.76 bits per heavy atom. The van der Waals surface area contributed by atoms with Crippen LogP contribution in [0.25, 0.3) is 33.1 Å². The van der Waals surface area contributed by atoms with Crippen LogP contribution in [0.4, 0.5) is 0 Å². The molecular formula is C17H12ClN3. The van der Waals surface area contributed by atoms with Crippen LogP contribution in [0.1, 0.15) is 0 Å². The van der Waals surface area contributed by atoms with Gasteiger partial charge in [-0.05, 0) is 35.9 Å². The van der Waals surface area contributed by atoms with Gasteiger partial charge in [-0.15, -0.1) is 0 Å². The minimum absolute atomic E-state index is 0.672. The van der Waals surface area contributed by atoms with Crippen molar-refractivity contribution in [1.29, 1.82) is 0 Å². The van der Waals surface area contributed by atoms with Gasteiger partial charge < -0.3 is 4.57 Å². The fraction of sp³-hybridized carbons (Fsp3) is 0.0588. The molecule has 0 fully saturated rings. The molecule has 21 heavy (non-hydrogen) atoms. The molecule has 2 heterocycles. The van der Waals surface area contributed by atoms with Crippen molar-refractivity contribution in [1.82, 2.24) is 14.5 Å². The van der Waals surface area contributed by atoms with Gasteiger partial charge in [0.05, 0.1) is 11.0 Å². The molecule has 4 aromatic rings. The molecule has 0 N–H and O–H groups in total. The number of hydrogen-bond acceptors (Lipinski definition) is 2. The Kier molecular flexibility index (Phi) is 2.69. The van der Waals surface area contributed by atoms with Crippen molar-refractivity contribution in [3.63, 3.8) is 0 Å². The second kappa shape index (κ2) is 4.57. The third-order valence-corrected chi connectivity index (χ3v) is 3.95. The third-order valence-electron chi connectivity index (χ3n) is 3.73. The zero-order chi connectivity index (χ0) is 14.4. The molecule has 0 aliphatic rings. The zero-order valence-corrected chi connectivity index (χ0v) is 12.2. The molecule has 4 rings (SSSR count). The highest BCUT2D eigenvalue weighted by molar-refractivity contribution is 6.31. The summed E-state index contributed by atoms with van der Waals surface area (Å²) >= 11 is 6.22. The summed E-state index contributed by atoms with van der Waals surface area (Å²) in [5.41, 5.74) is 5.00. The van der Waals surface area contributed by atoms with Crippen LogP contribution in [-0.2, 0) is 7.05 Å². The first-order valence-electron chi connectivity index (χ1n) is 6.68. The average Bonchev–Trinajstić information content (AvgIpc) is 2.87. The predicted molar refractivity (Wildman–Crippen MR) is 86.5 cm³/mol. The quantitative estimate of drug-likeness (QED) is 0.519. The summed E-state index contributed by atoms with van der Waals surface area (Å²) in [6, 6.07) is 12.3. The van der Waals surface area contributed by atoms with Gasteiger partial charge in [0, 0.05) is 47.1 Å². The van der Waals surface area contributed by atoms with Crippen LogP contribution >= 0.6 is 11.6 Å². The topological polar surface area (TPSA) is 30.7 Å². The molecule has 0 saturated heterocycles. The summed E-state index contributed by atoms with van der Waals surface area (Å²) < 4.78 is 2.11. The van der Waals surface area contributed by atoms with Gasteiger partial charge in [0.15, 0.2) is 0 Å². The van der Waals surface area contributed by atoms with Gasteiger partial charge in [0.25, 0.3) is 0 Å². The smallest absolute Gasteiger partial charge is 0.0966 e. The van der Waals surface area contributed by atoms with Gasteiger partial charge in [-0.3, -0.25) is 9.97 Å². The van der Waals surface area contributed by atoms with E-state index in [2.05, 4.69) is 45.0 Å². The Balaban J connectivity index is 2.03. The maximum absolute atomic E-state index is 6.22. The van der Waals surface area contributed by atoms with Crippen molar-refractivity contribution in [2.75, 3.05) is 0 Å². The minimum Gasteiger partial charge on any atom is -0.351 e. The molecule has 0 aliphatic carbocycles. The Labute approximate surface area is 126 Å². The van der Waals surface area contributed by atoms with Crippen LogP contribution in [0.3, 0.4) is 0 Å². The number of aryl methyl sites for hydroxylation is 1. The van der Waals surface area contributed by atoms with Crippen molar-refractivity contribution in [3.05, 3.63) is 60.0 Å². The van der Waals surface area contributed by atoms with Crippen LogP contribution in [0.5, 0.6) is 0 Å². The van der Waals surface area contributed by atoms with Gasteiger partial charge in [-0.25, -0.2) is 0 Å². The lowest BCUT2D eigenvalue weighted by atomic mass is 10.0. The van der Waals surface area contributed by atoms with E-state index in [1.165, 1.54) is 10.9 Å². The standard InChI is InChI=1S/C17H12ClN3/c1-21-7-4-12-8-11(2-3-16(12)21)14-9-13(18)10-15-17(14)20-6-5-19-15/h2-10H,1H3. The first-order valence-corrected chi connectivity index (χ1v) is 7.06. The predicted octanol–water partition coefficient (Wildman–Crippen LogP) is 4.44. The van der Waals surface area contributed by atoms with Crippen molar-refractivity contribution < 1.29 is 0 Å². The lowest BCUT2D eigenvalue weighted by molar-refractivity contribution is 0.969. The van der Waals surface area contributed by atoms with E-state index >= 15 is 0 Å². The highest BCUT2D eigenvalue weighted by Crippen LogP contribution is 2.31. The Morgan fingerprint density at radius 2 is 1.86 bits per heavy atom. The summed E-state index contributed by atoms with van der Waals surface area (Å²) in [4.78, 5) is 8.80. The van der Waals surface area contributed by atoms with Crippen LogP contribution in [0, 0.1) is 0 Å². The number of aromatic nitrogens is 3. The van der Waals surface area contributed by atoms with Crippen LogP contribution in [0.15, 0.2) is 55.0 Å². The van der Waals surface area contributed by atoms with E-state index in [4.69, 9.17) is 11.6 Å². The molecule has 0 aliphatic heterocycles. The number of rotatable bonds is 1. The summed E-state index contributed by atoms with van der Waals surface area (Å²) in [6.45, 7) is 0. The fourth-order valence-electron chi connectivity index (χ4n) is 2.71. The summed E-state index contributed by atoms with van der Waals surface area (Å²) in [6.07, 6.45) is 5.45. The zero-order valence-electron chi connectivity index (χ0n) is 11.4. The molecule has 0 radical (unpaired) electrons. The Bertz CT molecular complexity index is 972. The molecule has 0 atom stereocenters. The second-order valence-electron chi connectivity index (χ2n) is 5.08. The van der Waals surface area contributed by atoms with Crippen molar-refractivity contribution in [3.8, 4) is 11.1 Å². The van der Waals surface area contributed by atoms with E-state index in [0.717, 1.165) is 22.2 Å². The first-order chi connectivity index (χ1) is 10.2. The van der Waals surface area contributed by atoms with E-state index in [-0.39, 0.29) is 0 Å². The summed E-state index contributed by atoms with van der Waals surface area (Å²) in [7, 11) is 2.04. The number of benzene rings is 2. The van der Waals surface area contributed by atoms with Gasteiger partial charge >= 0.3 is 0 Å². The first kappa shape index (κ1) is 12.4. The van der Waals surface area contributed by atoms with Crippen molar-refractivity contribution in [2.45, 2.75) is 0 Å². The molecule has 102 valence electrons. The normalized spacial score (nSPS) is 11.3. The Morgan fingerprint density at radius 1 is 1.00 bits per heavy atom. The molecule has 3 nitrogen and oxygen atoms in total. The molecule has 0 saturated carbocycles. The van der Waals surface area contributed by atoms with E-state index in [1.807, 2.05) is 19.2 Å². The maximum atomic E-state index is 6.22. The molecular weight excluding hydrogens is 282 g/mol. The monoisotopic (exact) mass is 293 g/mol. The van der Waals surface area contributed by atoms with E-state index in [1.54, 1.807) is 12.4 Å². The maximum Gasteiger partial charge on any atom is 0.0966 e. The number of hydrogen-bond donors (Lipinski definition) is 0. The minimum atomic E-state index is 0.672. The molecule has 0 bridgehead atoms. The molecule has 0 spiro atoms. The fourth-order valence-corrected chi connectivity index (χ4v) is 2.92. The summed E-state index contributed by atoms with van der Waals surface area (Å²) in [5, 5.41) is 1.87. The van der Waals surface area contributed by atoms with Gasteiger partial charge in [0.1, 0.15) is 0 Å². The van der Waals surface area contributed by atoms with Crippen LogP contribution in [-0.4, -0.2) is 14.5 Å². The Hall–Kier alpha value is -2.39. The highest BCUT2D eigenvalue weighted by atomic mass is 35.5. The number of halogens is 1. The SMILES string of the molecule is Cn1ccc2cc(-c3cc(Cl)cc4nccnc34)ccc21. The molecule has 2 aromatic heterocycles. The molecule has 2 aromatic carbocycles. The average molecular weight is 294 g/mol. The lowest BCUT2D eigenvalue weighted by Crippen LogP contribution is -1.88. The second-order valence-corrected chi connectivity index (χ2v) is 5.51. The third kappa shape index (κ3) is 1.98. The number of nitrogens with zero attached hydrogens (tertiary/aromatic N) is 3. The van der Waals surface area contributed by atoms with Crippen molar-refractivity contribution in [2.24, 2.45) is 7.05 Å². The van der Waals surface area contributed by atoms with E-state index in [0.29, 0.717) is 5.02 Å². The van der Waals surface area contributed by atoms with E-state index in [9.17, 15) is 0 Å². The van der Waals surface area contributed by atoms with E-state index < -0.39 is 0 Å². The van der Waals surface area contributed by atoms with Crippen LogP contribution < -0.4 is 0 Å². The van der Waals surface area contributed by atoms with Gasteiger partial charge in [0.2, 0.25) is 0 Å². The lowest BCUT2D eigenvalue weighted by Gasteiger charge is -2.07. The van der Waals surface area contributed by atoms with Crippen molar-refractivity contribution >= 4 is 33.5 Å².